The fraction of sp³-hybridized carbons (Fsp3) is 1.00. The fourth-order valence-electron chi connectivity index (χ4n) is 1.71. The van der Waals surface area contributed by atoms with Crippen LogP contribution in [-0.2, 0) is 4.74 Å². The van der Waals surface area contributed by atoms with Crippen molar-refractivity contribution in [2.24, 2.45) is 5.92 Å². The number of likely N-dealkylation sites (tertiary alicyclic amines) is 1. The van der Waals surface area contributed by atoms with Gasteiger partial charge in [-0.2, -0.15) is 0 Å². The van der Waals surface area contributed by atoms with Crippen LogP contribution in [0.1, 0.15) is 19.8 Å². The number of methoxy groups -OCH3 is 1. The lowest BCUT2D eigenvalue weighted by Crippen LogP contribution is -2.36. The number of hydrogen-bond acceptors (Lipinski definition) is 2. The van der Waals surface area contributed by atoms with Gasteiger partial charge in [0.25, 0.3) is 0 Å². The summed E-state index contributed by atoms with van der Waals surface area (Å²) in [6.45, 7) is 6.86. The molecule has 0 bridgehead atoms. The van der Waals surface area contributed by atoms with Gasteiger partial charge < -0.3 is 9.64 Å². The molecule has 2 nitrogen and oxygen atoms in total. The molecule has 0 aromatic rings. The maximum absolute atomic E-state index is 5.04. The Balaban J connectivity index is 2.12. The summed E-state index contributed by atoms with van der Waals surface area (Å²) in [5.74, 6) is 0.889. The summed E-state index contributed by atoms with van der Waals surface area (Å²) in [6, 6.07) is 0. The number of rotatable bonds is 3. The summed E-state index contributed by atoms with van der Waals surface area (Å²) >= 11 is 0. The molecule has 1 fully saturated rings. The van der Waals surface area contributed by atoms with Crippen molar-refractivity contribution in [2.75, 3.05) is 33.4 Å². The van der Waals surface area contributed by atoms with Crippen molar-refractivity contribution in [1.29, 1.82) is 0 Å². The summed E-state index contributed by atoms with van der Waals surface area (Å²) in [6.07, 6.45) is 2.77. The zero-order valence-corrected chi connectivity index (χ0v) is 7.68. The first-order valence-electron chi connectivity index (χ1n) is 4.54. The molecule has 1 heterocycles. The molecule has 0 unspecified atom stereocenters. The Morgan fingerprint density at radius 2 is 2.36 bits per heavy atom. The van der Waals surface area contributed by atoms with E-state index in [4.69, 9.17) is 4.74 Å². The van der Waals surface area contributed by atoms with E-state index in [2.05, 4.69) is 11.8 Å². The van der Waals surface area contributed by atoms with Gasteiger partial charge in [-0.05, 0) is 25.3 Å². The van der Waals surface area contributed by atoms with Crippen LogP contribution in [0.3, 0.4) is 0 Å². The molecule has 2 heteroatoms. The molecule has 0 aromatic carbocycles. The Morgan fingerprint density at radius 3 is 3.00 bits per heavy atom. The van der Waals surface area contributed by atoms with Crippen molar-refractivity contribution < 1.29 is 4.74 Å². The van der Waals surface area contributed by atoms with E-state index in [0.29, 0.717) is 0 Å². The first-order valence-corrected chi connectivity index (χ1v) is 4.54. The molecule has 0 amide bonds. The van der Waals surface area contributed by atoms with Gasteiger partial charge in [0.05, 0.1) is 6.61 Å². The van der Waals surface area contributed by atoms with Crippen molar-refractivity contribution in [1.82, 2.24) is 4.90 Å². The molecule has 0 aliphatic carbocycles. The highest BCUT2D eigenvalue weighted by Crippen LogP contribution is 2.14. The van der Waals surface area contributed by atoms with Crippen molar-refractivity contribution in [3.63, 3.8) is 0 Å². The van der Waals surface area contributed by atoms with Crippen LogP contribution < -0.4 is 0 Å². The van der Waals surface area contributed by atoms with Crippen LogP contribution in [0.15, 0.2) is 0 Å². The molecule has 1 saturated heterocycles. The average Bonchev–Trinajstić information content (AvgIpc) is 2.01. The van der Waals surface area contributed by atoms with Gasteiger partial charge in [0.2, 0.25) is 0 Å². The first kappa shape index (κ1) is 9.01. The zero-order chi connectivity index (χ0) is 8.10. The van der Waals surface area contributed by atoms with Gasteiger partial charge in [0.1, 0.15) is 0 Å². The van der Waals surface area contributed by atoms with Gasteiger partial charge in [-0.1, -0.05) is 6.92 Å². The van der Waals surface area contributed by atoms with Crippen molar-refractivity contribution in [2.45, 2.75) is 19.8 Å². The van der Waals surface area contributed by atoms with Crippen molar-refractivity contribution >= 4 is 0 Å². The Kier molecular flexibility index (Phi) is 3.87. The van der Waals surface area contributed by atoms with Gasteiger partial charge in [-0.15, -0.1) is 0 Å². The predicted octanol–water partition coefficient (Wildman–Crippen LogP) is 1.36. The maximum Gasteiger partial charge on any atom is 0.0589 e. The average molecular weight is 157 g/mol. The number of hydrogen-bond donors (Lipinski definition) is 0. The highest BCUT2D eigenvalue weighted by Gasteiger charge is 2.14. The van der Waals surface area contributed by atoms with Crippen LogP contribution in [0, 0.1) is 5.92 Å². The third-order valence-electron chi connectivity index (χ3n) is 2.35. The first-order chi connectivity index (χ1) is 5.33. The summed E-state index contributed by atoms with van der Waals surface area (Å²) in [5, 5.41) is 0. The summed E-state index contributed by atoms with van der Waals surface area (Å²) in [5.41, 5.74) is 0. The lowest BCUT2D eigenvalue weighted by atomic mass is 10.0. The van der Waals surface area contributed by atoms with Gasteiger partial charge in [0, 0.05) is 20.2 Å². The van der Waals surface area contributed by atoms with Crippen molar-refractivity contribution in [3.05, 3.63) is 0 Å². The minimum absolute atomic E-state index is 0.882. The Morgan fingerprint density at radius 1 is 1.55 bits per heavy atom. The number of piperidine rings is 1. The molecule has 0 saturated carbocycles. The molecule has 66 valence electrons. The van der Waals surface area contributed by atoms with Crippen LogP contribution in [0.4, 0.5) is 0 Å². The second-order valence-electron chi connectivity index (χ2n) is 3.54. The summed E-state index contributed by atoms with van der Waals surface area (Å²) in [4.78, 5) is 2.50. The largest absolute Gasteiger partial charge is 0.383 e. The van der Waals surface area contributed by atoms with Crippen LogP contribution in [0.25, 0.3) is 0 Å². The van der Waals surface area contributed by atoms with E-state index in [-0.39, 0.29) is 0 Å². The van der Waals surface area contributed by atoms with Gasteiger partial charge in [0.15, 0.2) is 0 Å². The lowest BCUT2D eigenvalue weighted by Gasteiger charge is -2.30. The van der Waals surface area contributed by atoms with E-state index in [0.717, 1.165) is 19.1 Å². The SMILES string of the molecule is COCCN1CCC[C@H](C)C1. The molecule has 1 aliphatic rings. The molecular weight excluding hydrogens is 138 g/mol. The molecule has 0 aromatic heterocycles. The molecular formula is C9H19NO. The second-order valence-corrected chi connectivity index (χ2v) is 3.54. The number of nitrogens with zero attached hydrogens (tertiary/aromatic N) is 1. The van der Waals surface area contributed by atoms with E-state index in [1.54, 1.807) is 7.11 Å². The normalized spacial score (nSPS) is 27.3. The molecule has 11 heavy (non-hydrogen) atoms. The van der Waals surface area contributed by atoms with Gasteiger partial charge in [-0.25, -0.2) is 0 Å². The highest BCUT2D eigenvalue weighted by atomic mass is 16.5. The zero-order valence-electron chi connectivity index (χ0n) is 7.68. The highest BCUT2D eigenvalue weighted by molar-refractivity contribution is 4.69. The maximum atomic E-state index is 5.04. The monoisotopic (exact) mass is 157 g/mol. The fourth-order valence-corrected chi connectivity index (χ4v) is 1.71. The molecule has 1 aliphatic heterocycles. The molecule has 0 radical (unpaired) electrons. The molecule has 0 spiro atoms. The van der Waals surface area contributed by atoms with E-state index in [1.165, 1.54) is 25.9 Å². The third-order valence-corrected chi connectivity index (χ3v) is 2.35. The van der Waals surface area contributed by atoms with E-state index < -0.39 is 0 Å². The van der Waals surface area contributed by atoms with E-state index in [1.807, 2.05) is 0 Å². The van der Waals surface area contributed by atoms with E-state index in [9.17, 15) is 0 Å². The van der Waals surface area contributed by atoms with Crippen LogP contribution >= 0.6 is 0 Å². The van der Waals surface area contributed by atoms with Gasteiger partial charge >= 0.3 is 0 Å². The van der Waals surface area contributed by atoms with Crippen LogP contribution in [-0.4, -0.2) is 38.3 Å². The predicted molar refractivity (Wildman–Crippen MR) is 46.7 cm³/mol. The smallest absolute Gasteiger partial charge is 0.0589 e. The minimum atomic E-state index is 0.882. The molecule has 1 atom stereocenters. The minimum Gasteiger partial charge on any atom is -0.383 e. The van der Waals surface area contributed by atoms with Crippen LogP contribution in [0.2, 0.25) is 0 Å². The second kappa shape index (κ2) is 4.73. The lowest BCUT2D eigenvalue weighted by molar-refractivity contribution is 0.118. The number of ether oxygens (including phenoxy) is 1. The quantitative estimate of drug-likeness (QED) is 0.613. The van der Waals surface area contributed by atoms with E-state index >= 15 is 0 Å². The molecule has 1 rings (SSSR count). The Hall–Kier alpha value is -0.0800. The van der Waals surface area contributed by atoms with Crippen molar-refractivity contribution in [3.8, 4) is 0 Å². The Labute approximate surface area is 69.5 Å². The van der Waals surface area contributed by atoms with Gasteiger partial charge in [-0.3, -0.25) is 0 Å². The molecule has 0 N–H and O–H groups in total. The Bertz CT molecular complexity index is 106. The summed E-state index contributed by atoms with van der Waals surface area (Å²) < 4.78 is 5.04. The summed E-state index contributed by atoms with van der Waals surface area (Å²) in [7, 11) is 1.77. The standard InChI is InChI=1S/C9H19NO/c1-9-4-3-5-10(8-9)6-7-11-2/h9H,3-8H2,1-2H3/t9-/m0/s1. The third kappa shape index (κ3) is 3.21. The van der Waals surface area contributed by atoms with Crippen LogP contribution in [0.5, 0.6) is 0 Å². The topological polar surface area (TPSA) is 12.5 Å².